The zero-order chi connectivity index (χ0) is 14.1. The van der Waals surface area contributed by atoms with E-state index >= 15 is 0 Å². The van der Waals surface area contributed by atoms with Gasteiger partial charge in [-0.3, -0.25) is 9.59 Å². The van der Waals surface area contributed by atoms with E-state index in [2.05, 4.69) is 0 Å². The molecule has 0 saturated carbocycles. The number of hydrogen-bond acceptors (Lipinski definition) is 5. The first-order valence-electron chi connectivity index (χ1n) is 5.55. The van der Waals surface area contributed by atoms with Gasteiger partial charge in [0, 0.05) is 6.04 Å². The summed E-state index contributed by atoms with van der Waals surface area (Å²) in [7, 11) is -3.18. The molecular formula is C10H18N2O5S. The van der Waals surface area contributed by atoms with Gasteiger partial charge in [0.2, 0.25) is 5.91 Å². The molecule has 0 aliphatic carbocycles. The van der Waals surface area contributed by atoms with Crippen molar-refractivity contribution in [3.8, 4) is 0 Å². The highest BCUT2D eigenvalue weighted by Gasteiger charge is 2.39. The average Bonchev–Trinajstić information content (AvgIpc) is 2.52. The lowest BCUT2D eigenvalue weighted by Gasteiger charge is -2.32. The minimum atomic E-state index is -3.18. The van der Waals surface area contributed by atoms with Gasteiger partial charge in [0.15, 0.2) is 9.84 Å². The highest BCUT2D eigenvalue weighted by atomic mass is 32.2. The number of nitrogens with zero attached hydrogens (tertiary/aromatic N) is 1. The quantitative estimate of drug-likeness (QED) is 0.668. The van der Waals surface area contributed by atoms with E-state index < -0.39 is 39.8 Å². The molecule has 1 atom stereocenters. The van der Waals surface area contributed by atoms with Crippen LogP contribution in [0.5, 0.6) is 0 Å². The Kier molecular flexibility index (Phi) is 4.02. The number of carbonyl (C=O) groups is 2. The zero-order valence-corrected chi connectivity index (χ0v) is 11.2. The standard InChI is InChI=1S/C10H18N2O5S/c1-10(2,11)9(15)12(5-8(13)14)7-3-4-18(16,17)6-7/h7H,3-6,11H2,1-2H3,(H,13,14). The first-order valence-corrected chi connectivity index (χ1v) is 7.37. The molecule has 0 aromatic carbocycles. The van der Waals surface area contributed by atoms with Crippen LogP contribution >= 0.6 is 0 Å². The molecule has 1 rings (SSSR count). The van der Waals surface area contributed by atoms with Gasteiger partial charge in [0.05, 0.1) is 17.0 Å². The van der Waals surface area contributed by atoms with Gasteiger partial charge in [0.25, 0.3) is 0 Å². The van der Waals surface area contributed by atoms with Crippen molar-refractivity contribution in [3.63, 3.8) is 0 Å². The summed E-state index contributed by atoms with van der Waals surface area (Å²) in [6.45, 7) is 2.40. The first-order chi connectivity index (χ1) is 8.03. The Morgan fingerprint density at radius 3 is 2.33 bits per heavy atom. The third kappa shape index (κ3) is 3.67. The second-order valence-electron chi connectivity index (χ2n) is 5.11. The van der Waals surface area contributed by atoms with E-state index in [4.69, 9.17) is 10.8 Å². The Bertz CT molecular complexity index is 451. The summed E-state index contributed by atoms with van der Waals surface area (Å²) in [5.41, 5.74) is 4.44. The summed E-state index contributed by atoms with van der Waals surface area (Å²) < 4.78 is 22.8. The lowest BCUT2D eigenvalue weighted by Crippen LogP contribution is -2.56. The summed E-state index contributed by atoms with van der Waals surface area (Å²) >= 11 is 0. The van der Waals surface area contributed by atoms with Crippen LogP contribution in [0.4, 0.5) is 0 Å². The third-order valence-electron chi connectivity index (χ3n) is 2.77. The van der Waals surface area contributed by atoms with Crippen LogP contribution in [0.3, 0.4) is 0 Å². The Balaban J connectivity index is 2.93. The molecule has 0 radical (unpaired) electrons. The topological polar surface area (TPSA) is 118 Å². The maximum absolute atomic E-state index is 12.0. The van der Waals surface area contributed by atoms with Crippen molar-refractivity contribution >= 4 is 21.7 Å². The number of rotatable bonds is 4. The number of carboxylic acid groups (broad SMARTS) is 1. The summed E-state index contributed by atoms with van der Waals surface area (Å²) in [5, 5.41) is 8.80. The highest BCUT2D eigenvalue weighted by Crippen LogP contribution is 2.20. The maximum atomic E-state index is 12.0. The highest BCUT2D eigenvalue weighted by molar-refractivity contribution is 7.91. The predicted molar refractivity (Wildman–Crippen MR) is 64.7 cm³/mol. The van der Waals surface area contributed by atoms with Crippen molar-refractivity contribution < 1.29 is 23.1 Å². The molecule has 0 spiro atoms. The molecule has 1 heterocycles. The second-order valence-corrected chi connectivity index (χ2v) is 7.33. The molecule has 7 nitrogen and oxygen atoms in total. The van der Waals surface area contributed by atoms with E-state index in [1.165, 1.54) is 13.8 Å². The van der Waals surface area contributed by atoms with Gasteiger partial charge in [-0.05, 0) is 20.3 Å². The van der Waals surface area contributed by atoms with Gasteiger partial charge < -0.3 is 15.7 Å². The fourth-order valence-corrected chi connectivity index (χ4v) is 3.63. The van der Waals surface area contributed by atoms with Crippen molar-refractivity contribution in [2.45, 2.75) is 31.8 Å². The van der Waals surface area contributed by atoms with E-state index in [0.717, 1.165) is 4.90 Å². The summed E-state index contributed by atoms with van der Waals surface area (Å²) in [4.78, 5) is 23.9. The van der Waals surface area contributed by atoms with Gasteiger partial charge in [-0.1, -0.05) is 0 Å². The van der Waals surface area contributed by atoms with Gasteiger partial charge in [-0.2, -0.15) is 0 Å². The molecule has 8 heteroatoms. The van der Waals surface area contributed by atoms with Gasteiger partial charge >= 0.3 is 5.97 Å². The SMILES string of the molecule is CC(C)(N)C(=O)N(CC(=O)O)C1CCS(=O)(=O)C1. The lowest BCUT2D eigenvalue weighted by molar-refractivity contribution is -0.148. The molecule has 104 valence electrons. The first kappa shape index (κ1) is 14.9. The molecule has 0 aromatic heterocycles. The normalized spacial score (nSPS) is 22.7. The van der Waals surface area contributed by atoms with Crippen LogP contribution in [0, 0.1) is 0 Å². The van der Waals surface area contributed by atoms with E-state index in [1.807, 2.05) is 0 Å². The monoisotopic (exact) mass is 278 g/mol. The van der Waals surface area contributed by atoms with Crippen LogP contribution < -0.4 is 5.73 Å². The number of carbonyl (C=O) groups excluding carboxylic acids is 1. The van der Waals surface area contributed by atoms with E-state index in [-0.39, 0.29) is 17.9 Å². The minimum absolute atomic E-state index is 0.0218. The number of carboxylic acids is 1. The Labute approximate surface area is 106 Å². The molecule has 1 fully saturated rings. The summed E-state index contributed by atoms with van der Waals surface area (Å²) in [6.07, 6.45) is 0.261. The molecule has 1 unspecified atom stereocenters. The molecule has 1 saturated heterocycles. The average molecular weight is 278 g/mol. The van der Waals surface area contributed by atoms with Gasteiger partial charge in [0.1, 0.15) is 6.54 Å². The molecule has 0 bridgehead atoms. The van der Waals surface area contributed by atoms with E-state index in [9.17, 15) is 18.0 Å². The molecule has 18 heavy (non-hydrogen) atoms. The van der Waals surface area contributed by atoms with Gasteiger partial charge in [-0.25, -0.2) is 8.42 Å². The maximum Gasteiger partial charge on any atom is 0.323 e. The van der Waals surface area contributed by atoms with Crippen LogP contribution in [-0.2, 0) is 19.4 Å². The van der Waals surface area contributed by atoms with Crippen LogP contribution in [0.1, 0.15) is 20.3 Å². The number of amides is 1. The van der Waals surface area contributed by atoms with Crippen LogP contribution in [0.25, 0.3) is 0 Å². The van der Waals surface area contributed by atoms with Crippen molar-refractivity contribution in [2.24, 2.45) is 5.73 Å². The molecule has 1 amide bonds. The zero-order valence-electron chi connectivity index (χ0n) is 10.4. The number of hydrogen-bond donors (Lipinski definition) is 2. The number of nitrogens with two attached hydrogens (primary N) is 1. The molecule has 1 aliphatic rings. The van der Waals surface area contributed by atoms with E-state index in [0.29, 0.717) is 0 Å². The van der Waals surface area contributed by atoms with Crippen molar-refractivity contribution in [2.75, 3.05) is 18.1 Å². The molecule has 3 N–H and O–H groups in total. The minimum Gasteiger partial charge on any atom is -0.480 e. The molecule has 0 aromatic rings. The smallest absolute Gasteiger partial charge is 0.323 e. The Morgan fingerprint density at radius 1 is 1.44 bits per heavy atom. The largest absolute Gasteiger partial charge is 0.480 e. The van der Waals surface area contributed by atoms with Crippen molar-refractivity contribution in [1.82, 2.24) is 4.90 Å². The predicted octanol–water partition coefficient (Wildman–Crippen LogP) is -1.18. The fourth-order valence-electron chi connectivity index (χ4n) is 1.90. The molecular weight excluding hydrogens is 260 g/mol. The Morgan fingerprint density at radius 2 is 2.00 bits per heavy atom. The summed E-state index contributed by atoms with van der Waals surface area (Å²) in [6, 6.07) is -0.596. The van der Waals surface area contributed by atoms with Crippen molar-refractivity contribution in [3.05, 3.63) is 0 Å². The number of sulfone groups is 1. The van der Waals surface area contributed by atoms with Crippen LogP contribution in [0.2, 0.25) is 0 Å². The lowest BCUT2D eigenvalue weighted by atomic mass is 10.0. The fraction of sp³-hybridized carbons (Fsp3) is 0.800. The Hall–Kier alpha value is -1.15. The van der Waals surface area contributed by atoms with Crippen molar-refractivity contribution in [1.29, 1.82) is 0 Å². The van der Waals surface area contributed by atoms with Gasteiger partial charge in [-0.15, -0.1) is 0 Å². The van der Waals surface area contributed by atoms with E-state index in [1.54, 1.807) is 0 Å². The second kappa shape index (κ2) is 4.85. The third-order valence-corrected chi connectivity index (χ3v) is 4.52. The summed E-state index contributed by atoms with van der Waals surface area (Å²) in [5.74, 6) is -1.95. The molecule has 1 aliphatic heterocycles. The number of aliphatic carboxylic acids is 1. The van der Waals surface area contributed by atoms with Crippen LogP contribution in [0.15, 0.2) is 0 Å². The van der Waals surface area contributed by atoms with Crippen LogP contribution in [-0.4, -0.2) is 59.9 Å².